The zero-order chi connectivity index (χ0) is 14.0. The quantitative estimate of drug-likeness (QED) is 0.807. The highest BCUT2D eigenvalue weighted by Crippen LogP contribution is 2.31. The van der Waals surface area contributed by atoms with Crippen molar-refractivity contribution in [3.8, 4) is 0 Å². The summed E-state index contributed by atoms with van der Waals surface area (Å²) >= 11 is 0. The summed E-state index contributed by atoms with van der Waals surface area (Å²) in [5, 5.41) is 3.28. The van der Waals surface area contributed by atoms with Crippen molar-refractivity contribution in [2.45, 2.75) is 71.4 Å². The van der Waals surface area contributed by atoms with Crippen LogP contribution in [0, 0.1) is 23.7 Å². The van der Waals surface area contributed by atoms with Gasteiger partial charge in [0.1, 0.15) is 0 Å². The lowest BCUT2D eigenvalue weighted by molar-refractivity contribution is -0.128. The van der Waals surface area contributed by atoms with E-state index in [9.17, 15) is 4.79 Å². The molecule has 2 saturated carbocycles. The van der Waals surface area contributed by atoms with Crippen molar-refractivity contribution in [3.05, 3.63) is 0 Å². The molecule has 5 unspecified atom stereocenters. The lowest BCUT2D eigenvalue weighted by Gasteiger charge is -2.36. The molecule has 2 fully saturated rings. The third-order valence-corrected chi connectivity index (χ3v) is 5.16. The molecule has 0 aromatic rings. The fraction of sp³-hybridized carbons (Fsp3) is 0.938. The van der Waals surface area contributed by atoms with E-state index >= 15 is 0 Å². The second kappa shape index (κ2) is 6.25. The fourth-order valence-corrected chi connectivity index (χ4v) is 4.12. The molecule has 0 aromatic carbocycles. The number of nitrogens with one attached hydrogen (secondary N) is 1. The number of hydrogen-bond acceptors (Lipinski definition) is 2. The first kappa shape index (κ1) is 14.8. The molecular weight excluding hydrogens is 236 g/mol. The molecule has 3 N–H and O–H groups in total. The molecule has 110 valence electrons. The van der Waals surface area contributed by atoms with Crippen LogP contribution in [0.3, 0.4) is 0 Å². The first-order valence-electron chi connectivity index (χ1n) is 8.03. The van der Waals surface area contributed by atoms with Crippen molar-refractivity contribution >= 4 is 5.91 Å². The van der Waals surface area contributed by atoms with Gasteiger partial charge in [-0.3, -0.25) is 4.79 Å². The van der Waals surface area contributed by atoms with Crippen LogP contribution >= 0.6 is 0 Å². The molecule has 19 heavy (non-hydrogen) atoms. The topological polar surface area (TPSA) is 55.1 Å². The highest BCUT2D eigenvalue weighted by atomic mass is 16.2. The fourth-order valence-electron chi connectivity index (χ4n) is 4.12. The summed E-state index contributed by atoms with van der Waals surface area (Å²) in [5.41, 5.74) is 6.22. The minimum absolute atomic E-state index is 0.0382. The van der Waals surface area contributed by atoms with Crippen molar-refractivity contribution < 1.29 is 4.79 Å². The van der Waals surface area contributed by atoms with Crippen LogP contribution in [0.1, 0.15) is 59.3 Å². The predicted molar refractivity (Wildman–Crippen MR) is 78.6 cm³/mol. The Morgan fingerprint density at radius 1 is 1.05 bits per heavy atom. The van der Waals surface area contributed by atoms with E-state index in [0.717, 1.165) is 37.5 Å². The van der Waals surface area contributed by atoms with Crippen LogP contribution in [0.25, 0.3) is 0 Å². The Balaban J connectivity index is 1.89. The normalized spacial score (nSPS) is 43.8. The van der Waals surface area contributed by atoms with Crippen molar-refractivity contribution in [2.24, 2.45) is 29.4 Å². The van der Waals surface area contributed by atoms with E-state index in [2.05, 4.69) is 26.1 Å². The molecule has 1 amide bonds. The number of amides is 1. The van der Waals surface area contributed by atoms with Gasteiger partial charge in [0.25, 0.3) is 0 Å². The van der Waals surface area contributed by atoms with Gasteiger partial charge >= 0.3 is 0 Å². The van der Waals surface area contributed by atoms with Crippen LogP contribution < -0.4 is 11.1 Å². The van der Waals surface area contributed by atoms with Crippen LogP contribution in [0.5, 0.6) is 0 Å². The summed E-state index contributed by atoms with van der Waals surface area (Å²) < 4.78 is 0. The highest BCUT2D eigenvalue weighted by molar-refractivity contribution is 5.79. The van der Waals surface area contributed by atoms with Gasteiger partial charge in [0.15, 0.2) is 0 Å². The van der Waals surface area contributed by atoms with Gasteiger partial charge in [-0.25, -0.2) is 0 Å². The molecule has 0 aliphatic heterocycles. The van der Waals surface area contributed by atoms with Gasteiger partial charge < -0.3 is 11.1 Å². The molecule has 0 spiro atoms. The van der Waals surface area contributed by atoms with Gasteiger partial charge in [0.05, 0.1) is 5.92 Å². The minimum atomic E-state index is 0.0382. The summed E-state index contributed by atoms with van der Waals surface area (Å²) in [5.74, 6) is 2.19. The van der Waals surface area contributed by atoms with Gasteiger partial charge in [-0.15, -0.1) is 0 Å². The predicted octanol–water partition coefficient (Wildman–Crippen LogP) is 2.69. The smallest absolute Gasteiger partial charge is 0.224 e. The Bertz CT molecular complexity index is 308. The number of hydrogen-bond donors (Lipinski definition) is 2. The van der Waals surface area contributed by atoms with Crippen molar-refractivity contribution in [2.75, 3.05) is 0 Å². The zero-order valence-corrected chi connectivity index (χ0v) is 12.7. The largest absolute Gasteiger partial charge is 0.353 e. The van der Waals surface area contributed by atoms with E-state index < -0.39 is 0 Å². The third kappa shape index (κ3) is 3.71. The average Bonchev–Trinajstić information content (AvgIpc) is 2.31. The molecule has 0 radical (unpaired) electrons. The van der Waals surface area contributed by atoms with Crippen LogP contribution in [-0.2, 0) is 4.79 Å². The van der Waals surface area contributed by atoms with Gasteiger partial charge in [-0.05, 0) is 49.9 Å². The first-order valence-corrected chi connectivity index (χ1v) is 8.03. The van der Waals surface area contributed by atoms with Crippen LogP contribution in [0.15, 0.2) is 0 Å². The van der Waals surface area contributed by atoms with Crippen LogP contribution in [-0.4, -0.2) is 18.0 Å². The Morgan fingerprint density at radius 2 is 1.68 bits per heavy atom. The SMILES string of the molecule is CC1CC(C)CC(NC(=O)C2CCCC(C)C2N)C1. The van der Waals surface area contributed by atoms with E-state index in [1.54, 1.807) is 0 Å². The van der Waals surface area contributed by atoms with E-state index in [-0.39, 0.29) is 17.9 Å². The van der Waals surface area contributed by atoms with Crippen molar-refractivity contribution in [3.63, 3.8) is 0 Å². The number of rotatable bonds is 2. The minimum Gasteiger partial charge on any atom is -0.353 e. The van der Waals surface area contributed by atoms with E-state index in [4.69, 9.17) is 5.73 Å². The standard InChI is InChI=1S/C16H30N2O/c1-10-7-11(2)9-13(8-10)18-16(19)14-6-4-5-12(3)15(14)17/h10-15H,4-9,17H2,1-3H3,(H,18,19). The molecule has 5 atom stereocenters. The van der Waals surface area contributed by atoms with Crippen LogP contribution in [0.4, 0.5) is 0 Å². The molecule has 3 heteroatoms. The summed E-state index contributed by atoms with van der Waals surface area (Å²) in [7, 11) is 0. The summed E-state index contributed by atoms with van der Waals surface area (Å²) in [6.07, 6.45) is 6.84. The number of carbonyl (C=O) groups is 1. The lowest BCUT2D eigenvalue weighted by atomic mass is 9.77. The number of carbonyl (C=O) groups excluding carboxylic acids is 1. The lowest BCUT2D eigenvalue weighted by Crippen LogP contribution is -2.50. The van der Waals surface area contributed by atoms with E-state index in [0.29, 0.717) is 12.0 Å². The first-order chi connectivity index (χ1) is 8.97. The molecule has 0 aromatic heterocycles. The molecular formula is C16H30N2O. The second-order valence-electron chi connectivity index (χ2n) is 7.21. The highest BCUT2D eigenvalue weighted by Gasteiger charge is 2.34. The molecule has 2 rings (SSSR count). The van der Waals surface area contributed by atoms with Gasteiger partial charge in [-0.2, -0.15) is 0 Å². The summed E-state index contributed by atoms with van der Waals surface area (Å²) in [6, 6.07) is 0.419. The third-order valence-electron chi connectivity index (χ3n) is 5.16. The second-order valence-corrected chi connectivity index (χ2v) is 7.21. The van der Waals surface area contributed by atoms with Gasteiger partial charge in [0, 0.05) is 12.1 Å². The monoisotopic (exact) mass is 266 g/mol. The molecule has 0 saturated heterocycles. The Hall–Kier alpha value is -0.570. The van der Waals surface area contributed by atoms with Crippen molar-refractivity contribution in [1.29, 1.82) is 0 Å². The maximum absolute atomic E-state index is 12.4. The Labute approximate surface area is 117 Å². The molecule has 0 bridgehead atoms. The van der Waals surface area contributed by atoms with Crippen LogP contribution in [0.2, 0.25) is 0 Å². The molecule has 0 heterocycles. The van der Waals surface area contributed by atoms with Gasteiger partial charge in [-0.1, -0.05) is 27.2 Å². The maximum atomic E-state index is 12.4. The summed E-state index contributed by atoms with van der Waals surface area (Å²) in [4.78, 5) is 12.4. The van der Waals surface area contributed by atoms with E-state index in [1.165, 1.54) is 12.8 Å². The Kier molecular flexibility index (Phi) is 4.88. The molecule has 2 aliphatic rings. The molecule has 2 aliphatic carbocycles. The zero-order valence-electron chi connectivity index (χ0n) is 12.7. The van der Waals surface area contributed by atoms with E-state index in [1.807, 2.05) is 0 Å². The van der Waals surface area contributed by atoms with Crippen molar-refractivity contribution in [1.82, 2.24) is 5.32 Å². The summed E-state index contributed by atoms with van der Waals surface area (Å²) in [6.45, 7) is 6.77. The maximum Gasteiger partial charge on any atom is 0.224 e. The average molecular weight is 266 g/mol. The number of nitrogens with two attached hydrogens (primary N) is 1. The van der Waals surface area contributed by atoms with Gasteiger partial charge in [0.2, 0.25) is 5.91 Å². The Morgan fingerprint density at radius 3 is 2.32 bits per heavy atom. The molecule has 3 nitrogen and oxygen atoms in total.